The van der Waals surface area contributed by atoms with Crippen molar-refractivity contribution in [1.82, 2.24) is 10.2 Å². The van der Waals surface area contributed by atoms with Gasteiger partial charge in [-0.25, -0.2) is 9.59 Å². The maximum atomic E-state index is 12.0. The van der Waals surface area contributed by atoms with E-state index in [9.17, 15) is 14.4 Å². The molecule has 112 valence electrons. The van der Waals surface area contributed by atoms with Crippen LogP contribution in [0.4, 0.5) is 4.79 Å². The van der Waals surface area contributed by atoms with Gasteiger partial charge in [-0.3, -0.25) is 4.79 Å². The molecule has 0 aromatic heterocycles. The quantitative estimate of drug-likeness (QED) is 0.751. The summed E-state index contributed by atoms with van der Waals surface area (Å²) < 4.78 is 0. The van der Waals surface area contributed by atoms with E-state index in [1.165, 1.54) is 17.0 Å². The minimum atomic E-state index is -1.02. The molecule has 3 amide bonds. The van der Waals surface area contributed by atoms with Gasteiger partial charge in [0.25, 0.3) is 0 Å². The smallest absolute Gasteiger partial charge is 0.335 e. The van der Waals surface area contributed by atoms with E-state index in [1.807, 2.05) is 0 Å². The number of carbonyl (C=O) groups is 3. The van der Waals surface area contributed by atoms with Gasteiger partial charge in [-0.2, -0.15) is 0 Å². The highest BCUT2D eigenvalue weighted by atomic mass is 16.4. The van der Waals surface area contributed by atoms with Crippen LogP contribution < -0.4 is 11.1 Å². The Bertz CT molecular complexity index is 573. The Hall–Kier alpha value is -2.57. The number of nitrogens with two attached hydrogens (primary N) is 1. The van der Waals surface area contributed by atoms with Gasteiger partial charge < -0.3 is 21.1 Å². The molecule has 21 heavy (non-hydrogen) atoms. The van der Waals surface area contributed by atoms with Gasteiger partial charge >= 0.3 is 12.0 Å². The molecule has 7 heteroatoms. The molecule has 2 rings (SSSR count). The number of nitrogens with one attached hydrogen (secondary N) is 1. The molecule has 1 unspecified atom stereocenters. The summed E-state index contributed by atoms with van der Waals surface area (Å²) in [6.07, 6.45) is 1.33. The first-order valence-electron chi connectivity index (χ1n) is 6.65. The zero-order valence-corrected chi connectivity index (χ0v) is 11.4. The van der Waals surface area contributed by atoms with Gasteiger partial charge in [0.1, 0.15) is 6.04 Å². The van der Waals surface area contributed by atoms with Crippen molar-refractivity contribution in [3.05, 3.63) is 35.4 Å². The number of nitrogens with zero attached hydrogens (tertiary/aromatic N) is 1. The lowest BCUT2D eigenvalue weighted by Gasteiger charge is -2.22. The van der Waals surface area contributed by atoms with E-state index in [-0.39, 0.29) is 18.1 Å². The molecule has 1 aromatic rings. The van der Waals surface area contributed by atoms with Gasteiger partial charge in [0.15, 0.2) is 0 Å². The molecule has 0 aliphatic carbocycles. The van der Waals surface area contributed by atoms with Crippen LogP contribution in [0.5, 0.6) is 0 Å². The Labute approximate surface area is 121 Å². The van der Waals surface area contributed by atoms with Crippen LogP contribution in [-0.2, 0) is 11.3 Å². The lowest BCUT2D eigenvalue weighted by atomic mass is 10.1. The molecule has 0 bridgehead atoms. The lowest BCUT2D eigenvalue weighted by molar-refractivity contribution is -0.121. The average molecular weight is 291 g/mol. The monoisotopic (exact) mass is 291 g/mol. The fourth-order valence-electron chi connectivity index (χ4n) is 2.40. The number of rotatable bonds is 4. The molecule has 7 nitrogen and oxygen atoms in total. The van der Waals surface area contributed by atoms with Crippen molar-refractivity contribution in [2.45, 2.75) is 25.4 Å². The van der Waals surface area contributed by atoms with E-state index >= 15 is 0 Å². The summed E-state index contributed by atoms with van der Waals surface area (Å²) >= 11 is 0. The third kappa shape index (κ3) is 3.50. The van der Waals surface area contributed by atoms with Crippen molar-refractivity contribution in [3.63, 3.8) is 0 Å². The fourth-order valence-corrected chi connectivity index (χ4v) is 2.40. The van der Waals surface area contributed by atoms with E-state index in [0.717, 1.165) is 6.42 Å². The lowest BCUT2D eigenvalue weighted by Crippen LogP contribution is -2.47. The summed E-state index contributed by atoms with van der Waals surface area (Å²) in [7, 11) is 0. The van der Waals surface area contributed by atoms with Crippen LogP contribution in [0.25, 0.3) is 0 Å². The molecule has 4 N–H and O–H groups in total. The summed E-state index contributed by atoms with van der Waals surface area (Å²) in [5.74, 6) is -1.52. The number of aromatic carboxylic acids is 1. The number of carboxylic acids is 1. The average Bonchev–Trinajstić information content (AvgIpc) is 2.94. The Morgan fingerprint density at radius 1 is 1.38 bits per heavy atom. The number of primary amides is 1. The summed E-state index contributed by atoms with van der Waals surface area (Å²) in [6, 6.07) is 5.40. The second-order valence-corrected chi connectivity index (χ2v) is 4.92. The minimum absolute atomic E-state index is 0.165. The highest BCUT2D eigenvalue weighted by Crippen LogP contribution is 2.16. The highest BCUT2D eigenvalue weighted by molar-refractivity contribution is 5.88. The number of hydrogen-bond donors (Lipinski definition) is 3. The Kier molecular flexibility index (Phi) is 4.42. The van der Waals surface area contributed by atoms with Crippen LogP contribution in [0, 0.1) is 0 Å². The number of carbonyl (C=O) groups excluding carboxylic acids is 2. The Morgan fingerprint density at radius 2 is 2.14 bits per heavy atom. The molecule has 1 fully saturated rings. The van der Waals surface area contributed by atoms with Crippen LogP contribution in [0.3, 0.4) is 0 Å². The van der Waals surface area contributed by atoms with E-state index < -0.39 is 17.9 Å². The molecular weight excluding hydrogens is 274 g/mol. The number of likely N-dealkylation sites (tertiary alicyclic amines) is 1. The van der Waals surface area contributed by atoms with Gasteiger partial charge in [0, 0.05) is 13.1 Å². The molecule has 1 aromatic carbocycles. The first-order valence-corrected chi connectivity index (χ1v) is 6.65. The first kappa shape index (κ1) is 14.8. The SMILES string of the molecule is NC(=O)C1CCCN1C(=O)NCc1cccc(C(=O)O)c1. The van der Waals surface area contributed by atoms with Crippen LogP contribution >= 0.6 is 0 Å². The molecule has 1 aliphatic rings. The van der Waals surface area contributed by atoms with Crippen molar-refractivity contribution >= 4 is 17.9 Å². The Balaban J connectivity index is 1.96. The van der Waals surface area contributed by atoms with Crippen LogP contribution in [0.2, 0.25) is 0 Å². The molecule has 0 spiro atoms. The van der Waals surface area contributed by atoms with E-state index in [0.29, 0.717) is 18.5 Å². The predicted molar refractivity (Wildman–Crippen MR) is 74.6 cm³/mol. The Morgan fingerprint density at radius 3 is 2.81 bits per heavy atom. The van der Waals surface area contributed by atoms with Crippen LogP contribution in [0.1, 0.15) is 28.8 Å². The number of carboxylic acid groups (broad SMARTS) is 1. The number of urea groups is 1. The van der Waals surface area contributed by atoms with Gasteiger partial charge in [0.05, 0.1) is 5.56 Å². The van der Waals surface area contributed by atoms with Gasteiger partial charge in [-0.1, -0.05) is 12.1 Å². The molecule has 1 heterocycles. The minimum Gasteiger partial charge on any atom is -0.478 e. The van der Waals surface area contributed by atoms with Gasteiger partial charge in [-0.15, -0.1) is 0 Å². The van der Waals surface area contributed by atoms with E-state index in [2.05, 4.69) is 5.32 Å². The topological polar surface area (TPSA) is 113 Å². The van der Waals surface area contributed by atoms with Crippen molar-refractivity contribution in [3.8, 4) is 0 Å². The third-order valence-electron chi connectivity index (χ3n) is 3.46. The summed E-state index contributed by atoms with van der Waals surface area (Å²) in [5, 5.41) is 11.6. The largest absolute Gasteiger partial charge is 0.478 e. The zero-order valence-electron chi connectivity index (χ0n) is 11.4. The van der Waals surface area contributed by atoms with E-state index in [4.69, 9.17) is 10.8 Å². The fraction of sp³-hybridized carbons (Fsp3) is 0.357. The predicted octanol–water partition coefficient (Wildman–Crippen LogP) is 0.544. The highest BCUT2D eigenvalue weighted by Gasteiger charge is 2.32. The van der Waals surface area contributed by atoms with Crippen LogP contribution in [-0.4, -0.2) is 40.5 Å². The second-order valence-electron chi connectivity index (χ2n) is 4.92. The normalized spacial score (nSPS) is 17.5. The summed E-state index contributed by atoms with van der Waals surface area (Å²) in [5.41, 5.74) is 6.10. The maximum Gasteiger partial charge on any atom is 0.335 e. The molecule has 0 radical (unpaired) electrons. The molecule has 1 atom stereocenters. The van der Waals surface area contributed by atoms with Crippen molar-refractivity contribution in [2.24, 2.45) is 5.73 Å². The van der Waals surface area contributed by atoms with Crippen LogP contribution in [0.15, 0.2) is 24.3 Å². The molecule has 0 saturated carbocycles. The van der Waals surface area contributed by atoms with Crippen molar-refractivity contribution in [1.29, 1.82) is 0 Å². The van der Waals surface area contributed by atoms with Crippen molar-refractivity contribution < 1.29 is 19.5 Å². The molecule has 1 saturated heterocycles. The van der Waals surface area contributed by atoms with E-state index in [1.54, 1.807) is 12.1 Å². The standard InChI is InChI=1S/C14H17N3O4/c15-12(18)11-5-2-6-17(11)14(21)16-8-9-3-1-4-10(7-9)13(19)20/h1,3-4,7,11H,2,5-6,8H2,(H2,15,18)(H,16,21)(H,19,20). The number of amides is 3. The first-order chi connectivity index (χ1) is 9.99. The zero-order chi connectivity index (χ0) is 15.4. The maximum absolute atomic E-state index is 12.0. The third-order valence-corrected chi connectivity index (χ3v) is 3.46. The summed E-state index contributed by atoms with van der Waals surface area (Å²) in [4.78, 5) is 35.6. The van der Waals surface area contributed by atoms with Crippen molar-refractivity contribution in [2.75, 3.05) is 6.54 Å². The molecular formula is C14H17N3O4. The number of benzene rings is 1. The van der Waals surface area contributed by atoms with Gasteiger partial charge in [0.2, 0.25) is 5.91 Å². The number of hydrogen-bond acceptors (Lipinski definition) is 3. The summed E-state index contributed by atoms with van der Waals surface area (Å²) in [6.45, 7) is 0.691. The molecule has 1 aliphatic heterocycles. The van der Waals surface area contributed by atoms with Gasteiger partial charge in [-0.05, 0) is 30.5 Å². The second kappa shape index (κ2) is 6.25.